The lowest BCUT2D eigenvalue weighted by Crippen LogP contribution is -2.56. The van der Waals surface area contributed by atoms with Crippen molar-refractivity contribution in [1.29, 1.82) is 0 Å². The number of pyridine rings is 1. The average molecular weight is 428 g/mol. The number of carbonyl (C=O) groups excluding carboxylic acids is 1. The summed E-state index contributed by atoms with van der Waals surface area (Å²) in [5.41, 5.74) is -1.07. The SMILES string of the molecule is CC1(C)N(c2ccc(Cl)cc2)C(=O)N(c2ccc(Cl)cc2)C1(O)c1cccnc1. The van der Waals surface area contributed by atoms with Crippen LogP contribution >= 0.6 is 23.2 Å². The van der Waals surface area contributed by atoms with Crippen LogP contribution in [0.25, 0.3) is 0 Å². The van der Waals surface area contributed by atoms with Crippen LogP contribution in [0.5, 0.6) is 0 Å². The number of carbonyl (C=O) groups is 1. The van der Waals surface area contributed by atoms with Crippen molar-refractivity contribution in [3.05, 3.63) is 88.7 Å². The van der Waals surface area contributed by atoms with Gasteiger partial charge < -0.3 is 5.11 Å². The zero-order valence-corrected chi connectivity index (χ0v) is 17.4. The van der Waals surface area contributed by atoms with Crippen molar-refractivity contribution in [3.63, 3.8) is 0 Å². The number of nitrogens with zero attached hydrogens (tertiary/aromatic N) is 3. The minimum Gasteiger partial charge on any atom is -0.364 e. The Hall–Kier alpha value is -2.60. The van der Waals surface area contributed by atoms with Crippen LogP contribution in [0.3, 0.4) is 0 Å². The van der Waals surface area contributed by atoms with Gasteiger partial charge in [0.1, 0.15) is 0 Å². The number of hydrogen-bond donors (Lipinski definition) is 1. The van der Waals surface area contributed by atoms with Crippen molar-refractivity contribution in [2.75, 3.05) is 9.80 Å². The highest BCUT2D eigenvalue weighted by Crippen LogP contribution is 2.50. The summed E-state index contributed by atoms with van der Waals surface area (Å²) in [6, 6.07) is 16.9. The van der Waals surface area contributed by atoms with Crippen LogP contribution in [-0.4, -0.2) is 21.7 Å². The van der Waals surface area contributed by atoms with Crippen molar-refractivity contribution in [2.45, 2.75) is 25.1 Å². The fourth-order valence-corrected chi connectivity index (χ4v) is 4.12. The molecule has 1 atom stereocenters. The van der Waals surface area contributed by atoms with Crippen LogP contribution in [0, 0.1) is 0 Å². The molecule has 2 aromatic carbocycles. The van der Waals surface area contributed by atoms with Crippen LogP contribution in [0.4, 0.5) is 16.2 Å². The molecule has 1 aromatic heterocycles. The lowest BCUT2D eigenvalue weighted by Gasteiger charge is -2.42. The molecule has 5 nitrogen and oxygen atoms in total. The number of halogens is 2. The molecule has 0 bridgehead atoms. The van der Waals surface area contributed by atoms with Gasteiger partial charge in [0.25, 0.3) is 0 Å². The molecule has 1 aliphatic rings. The highest BCUT2D eigenvalue weighted by Gasteiger charge is 2.64. The van der Waals surface area contributed by atoms with E-state index in [1.165, 1.54) is 4.90 Å². The first-order chi connectivity index (χ1) is 13.8. The number of hydrogen-bond acceptors (Lipinski definition) is 3. The second-order valence-electron chi connectivity index (χ2n) is 7.38. The Kier molecular flexibility index (Phi) is 4.77. The van der Waals surface area contributed by atoms with Crippen LogP contribution in [0.15, 0.2) is 73.1 Å². The van der Waals surface area contributed by atoms with Crippen molar-refractivity contribution in [3.8, 4) is 0 Å². The molecule has 1 N–H and O–H groups in total. The molecule has 148 valence electrons. The number of aromatic nitrogens is 1. The van der Waals surface area contributed by atoms with Gasteiger partial charge in [-0.2, -0.15) is 0 Å². The van der Waals surface area contributed by atoms with Gasteiger partial charge in [-0.15, -0.1) is 0 Å². The largest absolute Gasteiger partial charge is 0.364 e. The molecule has 29 heavy (non-hydrogen) atoms. The van der Waals surface area contributed by atoms with E-state index < -0.39 is 11.3 Å². The van der Waals surface area contributed by atoms with Gasteiger partial charge >= 0.3 is 6.03 Å². The van der Waals surface area contributed by atoms with E-state index in [2.05, 4.69) is 4.98 Å². The van der Waals surface area contributed by atoms with Crippen LogP contribution in [-0.2, 0) is 5.72 Å². The Balaban J connectivity index is 1.95. The van der Waals surface area contributed by atoms with Crippen molar-refractivity contribution < 1.29 is 9.90 Å². The Morgan fingerprint density at radius 2 is 1.38 bits per heavy atom. The molecule has 2 heterocycles. The van der Waals surface area contributed by atoms with E-state index >= 15 is 0 Å². The second kappa shape index (κ2) is 7.02. The van der Waals surface area contributed by atoms with Gasteiger partial charge in [0.05, 0.1) is 5.54 Å². The molecule has 4 rings (SSSR count). The molecule has 0 aliphatic carbocycles. The van der Waals surface area contributed by atoms with Crippen molar-refractivity contribution in [2.24, 2.45) is 0 Å². The van der Waals surface area contributed by atoms with Crippen molar-refractivity contribution in [1.82, 2.24) is 4.98 Å². The Labute approximate surface area is 179 Å². The van der Waals surface area contributed by atoms with E-state index in [1.807, 2.05) is 13.8 Å². The number of urea groups is 1. The number of rotatable bonds is 3. The molecular weight excluding hydrogens is 409 g/mol. The molecule has 0 saturated carbocycles. The maximum Gasteiger partial charge on any atom is 0.332 e. The van der Waals surface area contributed by atoms with E-state index in [4.69, 9.17) is 23.2 Å². The molecule has 0 spiro atoms. The van der Waals surface area contributed by atoms with Crippen LogP contribution < -0.4 is 9.80 Å². The topological polar surface area (TPSA) is 56.7 Å². The summed E-state index contributed by atoms with van der Waals surface area (Å²) in [5.74, 6) is 0. The summed E-state index contributed by atoms with van der Waals surface area (Å²) in [4.78, 5) is 20.8. The zero-order chi connectivity index (χ0) is 20.8. The highest BCUT2D eigenvalue weighted by atomic mass is 35.5. The van der Waals surface area contributed by atoms with Gasteiger partial charge in [-0.05, 0) is 68.4 Å². The molecule has 0 radical (unpaired) electrons. The normalized spacial score (nSPS) is 20.9. The van der Waals surface area contributed by atoms with E-state index in [9.17, 15) is 9.90 Å². The van der Waals surface area contributed by atoms with Gasteiger partial charge in [0, 0.05) is 39.4 Å². The number of aliphatic hydroxyl groups is 1. The highest BCUT2D eigenvalue weighted by molar-refractivity contribution is 6.31. The van der Waals surface area contributed by atoms with Gasteiger partial charge in [0.2, 0.25) is 0 Å². The molecule has 1 unspecified atom stereocenters. The zero-order valence-electron chi connectivity index (χ0n) is 15.9. The predicted octanol–water partition coefficient (Wildman–Crippen LogP) is 5.46. The van der Waals surface area contributed by atoms with E-state index in [0.717, 1.165) is 0 Å². The second-order valence-corrected chi connectivity index (χ2v) is 8.25. The van der Waals surface area contributed by atoms with E-state index in [-0.39, 0.29) is 6.03 Å². The summed E-state index contributed by atoms with van der Waals surface area (Å²) >= 11 is 12.1. The molecule has 2 amide bonds. The molecule has 1 aliphatic heterocycles. The van der Waals surface area contributed by atoms with Gasteiger partial charge in [-0.1, -0.05) is 29.3 Å². The summed E-state index contributed by atoms with van der Waals surface area (Å²) in [5, 5.41) is 13.2. The average Bonchev–Trinajstić information content (AvgIpc) is 2.87. The Morgan fingerprint density at radius 1 is 0.862 bits per heavy atom. The van der Waals surface area contributed by atoms with Gasteiger partial charge in [-0.3, -0.25) is 14.8 Å². The number of benzene rings is 2. The first-order valence-electron chi connectivity index (χ1n) is 9.05. The third-order valence-electron chi connectivity index (χ3n) is 5.35. The molecule has 1 fully saturated rings. The first-order valence-corrected chi connectivity index (χ1v) is 9.81. The fourth-order valence-electron chi connectivity index (χ4n) is 3.87. The fraction of sp³-hybridized carbons (Fsp3) is 0.182. The van der Waals surface area contributed by atoms with Gasteiger partial charge in [-0.25, -0.2) is 4.79 Å². The number of amides is 2. The summed E-state index contributed by atoms with van der Waals surface area (Å²) in [6.07, 6.45) is 3.20. The molecule has 1 saturated heterocycles. The third-order valence-corrected chi connectivity index (χ3v) is 5.86. The van der Waals surface area contributed by atoms with E-state index in [0.29, 0.717) is 27.0 Å². The predicted molar refractivity (Wildman–Crippen MR) is 115 cm³/mol. The maximum atomic E-state index is 13.7. The first kappa shape index (κ1) is 19.7. The third kappa shape index (κ3) is 2.97. The maximum absolute atomic E-state index is 13.7. The minimum absolute atomic E-state index is 0.369. The smallest absolute Gasteiger partial charge is 0.332 e. The van der Waals surface area contributed by atoms with Gasteiger partial charge in [0.15, 0.2) is 5.72 Å². The summed E-state index contributed by atoms with van der Waals surface area (Å²) in [7, 11) is 0. The Morgan fingerprint density at radius 3 is 1.86 bits per heavy atom. The summed E-state index contributed by atoms with van der Waals surface area (Å²) < 4.78 is 0. The van der Waals surface area contributed by atoms with E-state index in [1.54, 1.807) is 78.0 Å². The Bertz CT molecular complexity index is 1040. The minimum atomic E-state index is -1.69. The van der Waals surface area contributed by atoms with Crippen LogP contribution in [0.1, 0.15) is 19.4 Å². The molecule has 7 heteroatoms. The molecule has 3 aromatic rings. The molecular formula is C22H19Cl2N3O2. The lowest BCUT2D eigenvalue weighted by atomic mass is 9.84. The number of anilines is 2. The quantitative estimate of drug-likeness (QED) is 0.603. The summed E-state index contributed by atoms with van der Waals surface area (Å²) in [6.45, 7) is 3.64. The van der Waals surface area contributed by atoms with Crippen molar-refractivity contribution >= 4 is 40.6 Å². The lowest BCUT2D eigenvalue weighted by molar-refractivity contribution is -0.00277. The monoisotopic (exact) mass is 427 g/mol. The van der Waals surface area contributed by atoms with Crippen LogP contribution in [0.2, 0.25) is 10.0 Å². The standard InChI is InChI=1S/C22H19Cl2N3O2/c1-21(2)22(29,15-4-3-13-25-14-15)27(19-11-7-17(24)8-12-19)20(28)26(21)18-9-5-16(23)6-10-18/h3-14,29H,1-2H3.